The highest BCUT2D eigenvalue weighted by atomic mass is 19.4. The first-order valence-corrected chi connectivity index (χ1v) is 8.29. The first-order valence-electron chi connectivity index (χ1n) is 8.29. The van der Waals surface area contributed by atoms with E-state index in [0.29, 0.717) is 11.3 Å². The third-order valence-electron chi connectivity index (χ3n) is 3.09. The molecule has 0 bridgehead atoms. The van der Waals surface area contributed by atoms with E-state index in [0.717, 1.165) is 5.56 Å². The van der Waals surface area contributed by atoms with E-state index in [4.69, 9.17) is 4.74 Å². The molecule has 0 atom stereocenters. The van der Waals surface area contributed by atoms with Gasteiger partial charge in [-0.3, -0.25) is 0 Å². The SMILES string of the molecule is CC.COc1cccc(C(C)C)c1F.Cc1ccc(OC(F)(F)F)cc1. The predicted octanol–water partition coefficient (Wildman–Crippen LogP) is 6.88. The molecule has 0 saturated heterocycles. The van der Waals surface area contributed by atoms with Gasteiger partial charge in [0.1, 0.15) is 5.75 Å². The molecule has 0 unspecified atom stereocenters. The highest BCUT2D eigenvalue weighted by Gasteiger charge is 2.30. The summed E-state index contributed by atoms with van der Waals surface area (Å²) in [5.74, 6) is 0.0874. The quantitative estimate of drug-likeness (QED) is 0.545. The summed E-state index contributed by atoms with van der Waals surface area (Å²) in [4.78, 5) is 0. The first kappa shape index (κ1) is 23.8. The second-order valence-corrected chi connectivity index (χ2v) is 5.38. The number of methoxy groups -OCH3 is 1. The lowest BCUT2D eigenvalue weighted by Crippen LogP contribution is -2.16. The number of hydrogen-bond acceptors (Lipinski definition) is 2. The lowest BCUT2D eigenvalue weighted by molar-refractivity contribution is -0.274. The fraction of sp³-hybridized carbons (Fsp3) is 0.400. The molecular formula is C20H26F4O2. The lowest BCUT2D eigenvalue weighted by Gasteiger charge is -2.09. The third kappa shape index (κ3) is 8.74. The molecular weight excluding hydrogens is 348 g/mol. The molecule has 0 N–H and O–H groups in total. The van der Waals surface area contributed by atoms with Crippen LogP contribution in [0.25, 0.3) is 0 Å². The summed E-state index contributed by atoms with van der Waals surface area (Å²) in [5.41, 5.74) is 1.60. The summed E-state index contributed by atoms with van der Waals surface area (Å²) in [7, 11) is 1.47. The zero-order chi connectivity index (χ0) is 20.3. The van der Waals surface area contributed by atoms with Gasteiger partial charge in [-0.15, -0.1) is 13.2 Å². The Hall–Kier alpha value is -2.24. The van der Waals surface area contributed by atoms with Crippen molar-refractivity contribution in [3.63, 3.8) is 0 Å². The molecule has 0 aliphatic rings. The molecule has 146 valence electrons. The highest BCUT2D eigenvalue weighted by molar-refractivity contribution is 5.32. The Balaban J connectivity index is 0.000000439. The van der Waals surface area contributed by atoms with Crippen molar-refractivity contribution >= 4 is 0 Å². The molecule has 0 saturated carbocycles. The molecule has 26 heavy (non-hydrogen) atoms. The van der Waals surface area contributed by atoms with Crippen molar-refractivity contribution in [2.45, 2.75) is 46.9 Å². The van der Waals surface area contributed by atoms with Crippen molar-refractivity contribution in [2.24, 2.45) is 0 Å². The topological polar surface area (TPSA) is 18.5 Å². The Morgan fingerprint density at radius 3 is 1.88 bits per heavy atom. The van der Waals surface area contributed by atoms with Crippen LogP contribution in [0.15, 0.2) is 42.5 Å². The van der Waals surface area contributed by atoms with Crippen LogP contribution in [0, 0.1) is 12.7 Å². The van der Waals surface area contributed by atoms with E-state index in [2.05, 4.69) is 4.74 Å². The normalized spacial score (nSPS) is 10.3. The number of hydrogen-bond donors (Lipinski definition) is 0. The van der Waals surface area contributed by atoms with Gasteiger partial charge in [0.2, 0.25) is 0 Å². The van der Waals surface area contributed by atoms with Crippen molar-refractivity contribution in [1.82, 2.24) is 0 Å². The van der Waals surface area contributed by atoms with Gasteiger partial charge in [-0.2, -0.15) is 0 Å². The van der Waals surface area contributed by atoms with Crippen LogP contribution in [0.4, 0.5) is 17.6 Å². The molecule has 0 aliphatic carbocycles. The summed E-state index contributed by atoms with van der Waals surface area (Å²) >= 11 is 0. The summed E-state index contributed by atoms with van der Waals surface area (Å²) < 4.78 is 56.8. The van der Waals surface area contributed by atoms with Gasteiger partial charge >= 0.3 is 6.36 Å². The second kappa shape index (κ2) is 11.4. The summed E-state index contributed by atoms with van der Waals surface area (Å²) in [5, 5.41) is 0. The number of alkyl halides is 3. The Bertz CT molecular complexity index is 635. The third-order valence-corrected chi connectivity index (χ3v) is 3.09. The van der Waals surface area contributed by atoms with Crippen LogP contribution in [-0.2, 0) is 0 Å². The van der Waals surface area contributed by atoms with Crippen LogP contribution >= 0.6 is 0 Å². The van der Waals surface area contributed by atoms with E-state index >= 15 is 0 Å². The van der Waals surface area contributed by atoms with Crippen LogP contribution in [0.1, 0.15) is 44.7 Å². The summed E-state index contributed by atoms with van der Waals surface area (Å²) in [6, 6.07) is 10.9. The number of aryl methyl sites for hydroxylation is 1. The minimum absolute atomic E-state index is 0.187. The molecule has 2 nitrogen and oxygen atoms in total. The molecule has 0 heterocycles. The standard InChI is InChI=1S/C10H13FO.C8H7F3O.C2H6/c1-7(2)8-5-4-6-9(12-3)10(8)11;1-6-2-4-7(5-3-6)12-8(9,10)11;1-2/h4-7H,1-3H3;2-5H,1H3;1-2H3. The molecule has 2 rings (SSSR count). The molecule has 0 amide bonds. The monoisotopic (exact) mass is 374 g/mol. The van der Waals surface area contributed by atoms with Gasteiger partial charge in [-0.05, 0) is 36.6 Å². The fourth-order valence-electron chi connectivity index (χ4n) is 1.87. The minimum atomic E-state index is -4.60. The van der Waals surface area contributed by atoms with E-state index in [9.17, 15) is 17.6 Å². The smallest absolute Gasteiger partial charge is 0.494 e. The van der Waals surface area contributed by atoms with Crippen molar-refractivity contribution in [3.05, 3.63) is 59.4 Å². The van der Waals surface area contributed by atoms with Gasteiger partial charge in [0.05, 0.1) is 7.11 Å². The minimum Gasteiger partial charge on any atom is -0.494 e. The molecule has 2 aromatic carbocycles. The molecule has 0 fully saturated rings. The Morgan fingerprint density at radius 1 is 0.923 bits per heavy atom. The highest BCUT2D eigenvalue weighted by Crippen LogP contribution is 2.25. The van der Waals surface area contributed by atoms with Gasteiger partial charge < -0.3 is 9.47 Å². The summed E-state index contributed by atoms with van der Waals surface area (Å²) in [6.07, 6.45) is -4.60. The Labute approximate surface area is 152 Å². The maximum absolute atomic E-state index is 13.4. The van der Waals surface area contributed by atoms with Crippen molar-refractivity contribution < 1.29 is 27.0 Å². The average Bonchev–Trinajstić information content (AvgIpc) is 2.58. The first-order chi connectivity index (χ1) is 12.1. The van der Waals surface area contributed by atoms with E-state index in [1.165, 1.54) is 19.2 Å². The van der Waals surface area contributed by atoms with Gasteiger partial charge in [0.25, 0.3) is 0 Å². The number of rotatable bonds is 3. The molecule has 0 aliphatic heterocycles. The maximum Gasteiger partial charge on any atom is 0.573 e. The van der Waals surface area contributed by atoms with Crippen LogP contribution in [0.5, 0.6) is 11.5 Å². The van der Waals surface area contributed by atoms with E-state index in [-0.39, 0.29) is 17.5 Å². The van der Waals surface area contributed by atoms with E-state index < -0.39 is 6.36 Å². The van der Waals surface area contributed by atoms with Gasteiger partial charge in [0.15, 0.2) is 11.6 Å². The van der Waals surface area contributed by atoms with Gasteiger partial charge in [-0.25, -0.2) is 4.39 Å². The maximum atomic E-state index is 13.4. The second-order valence-electron chi connectivity index (χ2n) is 5.38. The van der Waals surface area contributed by atoms with Crippen LogP contribution in [0.3, 0.4) is 0 Å². The Morgan fingerprint density at radius 2 is 1.46 bits per heavy atom. The zero-order valence-corrected chi connectivity index (χ0v) is 15.9. The largest absolute Gasteiger partial charge is 0.573 e. The molecule has 2 aromatic rings. The van der Waals surface area contributed by atoms with Crippen molar-refractivity contribution in [3.8, 4) is 11.5 Å². The van der Waals surface area contributed by atoms with Gasteiger partial charge in [-0.1, -0.05) is 57.5 Å². The molecule has 0 radical (unpaired) electrons. The van der Waals surface area contributed by atoms with Crippen molar-refractivity contribution in [1.29, 1.82) is 0 Å². The zero-order valence-electron chi connectivity index (χ0n) is 15.9. The number of ether oxygens (including phenoxy) is 2. The fourth-order valence-corrected chi connectivity index (χ4v) is 1.87. The van der Waals surface area contributed by atoms with Crippen LogP contribution in [0.2, 0.25) is 0 Å². The Kier molecular flexibility index (Phi) is 10.4. The molecule has 6 heteroatoms. The van der Waals surface area contributed by atoms with Crippen molar-refractivity contribution in [2.75, 3.05) is 7.11 Å². The average molecular weight is 374 g/mol. The number of benzene rings is 2. The van der Waals surface area contributed by atoms with Gasteiger partial charge in [0, 0.05) is 0 Å². The van der Waals surface area contributed by atoms with E-state index in [1.54, 1.807) is 37.3 Å². The molecule has 0 spiro atoms. The lowest BCUT2D eigenvalue weighted by atomic mass is 10.0. The van der Waals surface area contributed by atoms with E-state index in [1.807, 2.05) is 27.7 Å². The number of halogens is 4. The molecule has 0 aromatic heterocycles. The van der Waals surface area contributed by atoms with Crippen LogP contribution in [-0.4, -0.2) is 13.5 Å². The predicted molar refractivity (Wildman–Crippen MR) is 96.3 cm³/mol. The summed E-state index contributed by atoms with van der Waals surface area (Å²) in [6.45, 7) is 9.70. The van der Waals surface area contributed by atoms with Crippen LogP contribution < -0.4 is 9.47 Å².